The Balaban J connectivity index is 1.72. The molecule has 3 heterocycles. The molecule has 3 atom stereocenters. The summed E-state index contributed by atoms with van der Waals surface area (Å²) in [4.78, 5) is 25.2. The summed E-state index contributed by atoms with van der Waals surface area (Å²) in [5, 5.41) is 8.83. The molecule has 3 saturated heterocycles. The highest BCUT2D eigenvalue weighted by Gasteiger charge is 2.44. The first-order chi connectivity index (χ1) is 9.15. The van der Waals surface area contributed by atoms with Gasteiger partial charge >= 0.3 is 5.97 Å². The molecule has 1 amide bonds. The Hall–Kier alpha value is -1.36. The van der Waals surface area contributed by atoms with Crippen molar-refractivity contribution >= 4 is 11.9 Å². The van der Waals surface area contributed by atoms with Gasteiger partial charge in [-0.05, 0) is 38.5 Å². The number of hydrogen-bond donors (Lipinski definition) is 1. The van der Waals surface area contributed by atoms with Gasteiger partial charge < -0.3 is 14.7 Å². The van der Waals surface area contributed by atoms with Crippen LogP contribution in [0.25, 0.3) is 0 Å². The molecule has 3 fully saturated rings. The number of nitrogens with zero attached hydrogens (tertiary/aromatic N) is 1. The van der Waals surface area contributed by atoms with Gasteiger partial charge in [-0.1, -0.05) is 5.57 Å². The van der Waals surface area contributed by atoms with Crippen LogP contribution in [0.15, 0.2) is 11.6 Å². The lowest BCUT2D eigenvalue weighted by atomic mass is 9.95. The molecule has 3 aliphatic heterocycles. The normalized spacial score (nSPS) is 33.6. The number of aliphatic carboxylic acids is 1. The van der Waals surface area contributed by atoms with E-state index in [0.717, 1.165) is 31.3 Å². The van der Waals surface area contributed by atoms with Crippen molar-refractivity contribution in [3.05, 3.63) is 11.6 Å². The highest BCUT2D eigenvalue weighted by molar-refractivity contribution is 5.83. The van der Waals surface area contributed by atoms with E-state index in [4.69, 9.17) is 9.84 Å². The van der Waals surface area contributed by atoms with Gasteiger partial charge in [-0.2, -0.15) is 0 Å². The lowest BCUT2D eigenvalue weighted by Crippen LogP contribution is -2.49. The van der Waals surface area contributed by atoms with Crippen molar-refractivity contribution in [2.45, 2.75) is 56.7 Å². The van der Waals surface area contributed by atoms with Crippen molar-refractivity contribution in [1.82, 2.24) is 4.90 Å². The zero-order valence-corrected chi connectivity index (χ0v) is 10.9. The number of piperidine rings is 1. The average molecular weight is 265 g/mol. The van der Waals surface area contributed by atoms with E-state index in [1.165, 1.54) is 6.08 Å². The quantitative estimate of drug-likeness (QED) is 0.765. The molecule has 2 bridgehead atoms. The minimum Gasteiger partial charge on any atom is -0.478 e. The largest absolute Gasteiger partial charge is 0.478 e. The maximum absolute atomic E-state index is 12.5. The molecule has 0 aromatic rings. The Morgan fingerprint density at radius 2 is 1.89 bits per heavy atom. The van der Waals surface area contributed by atoms with Crippen LogP contribution in [-0.2, 0) is 14.3 Å². The lowest BCUT2D eigenvalue weighted by Gasteiger charge is -2.37. The number of carboxylic acid groups (broad SMARTS) is 1. The number of carboxylic acids is 1. The average Bonchev–Trinajstić information content (AvgIpc) is 2.95. The van der Waals surface area contributed by atoms with Gasteiger partial charge in [0.25, 0.3) is 5.91 Å². The minimum absolute atomic E-state index is 0.124. The monoisotopic (exact) mass is 265 g/mol. The smallest absolute Gasteiger partial charge is 0.328 e. The van der Waals surface area contributed by atoms with E-state index in [2.05, 4.69) is 0 Å². The van der Waals surface area contributed by atoms with E-state index < -0.39 is 5.97 Å². The molecule has 5 nitrogen and oxygen atoms in total. The third-order valence-corrected chi connectivity index (χ3v) is 4.40. The maximum Gasteiger partial charge on any atom is 0.328 e. The third kappa shape index (κ3) is 2.39. The molecule has 19 heavy (non-hydrogen) atoms. The van der Waals surface area contributed by atoms with E-state index >= 15 is 0 Å². The van der Waals surface area contributed by atoms with E-state index in [9.17, 15) is 9.59 Å². The van der Waals surface area contributed by atoms with Crippen LogP contribution in [-0.4, -0.2) is 46.7 Å². The van der Waals surface area contributed by atoms with E-state index in [1.54, 1.807) is 0 Å². The minimum atomic E-state index is -0.881. The number of amides is 1. The first kappa shape index (κ1) is 12.7. The van der Waals surface area contributed by atoms with Gasteiger partial charge in [0, 0.05) is 24.8 Å². The predicted octanol–water partition coefficient (Wildman–Crippen LogP) is 1.33. The molecule has 0 radical (unpaired) electrons. The fraction of sp³-hybridized carbons (Fsp3) is 0.714. The SMILES string of the molecule is O=C(O)C=C1CC2CCC(C1)N2C(=O)C1CCCO1. The van der Waals surface area contributed by atoms with Crippen LogP contribution >= 0.6 is 0 Å². The molecule has 104 valence electrons. The molecule has 0 aromatic carbocycles. The van der Waals surface area contributed by atoms with Gasteiger partial charge in [-0.3, -0.25) is 4.79 Å². The zero-order valence-electron chi connectivity index (χ0n) is 10.9. The number of fused-ring (bicyclic) bond motifs is 2. The molecule has 1 N–H and O–H groups in total. The van der Waals surface area contributed by atoms with E-state index in [1.807, 2.05) is 4.90 Å². The second-order valence-electron chi connectivity index (χ2n) is 5.68. The summed E-state index contributed by atoms with van der Waals surface area (Å²) < 4.78 is 5.48. The summed E-state index contributed by atoms with van der Waals surface area (Å²) in [6, 6.07) is 0.363. The summed E-state index contributed by atoms with van der Waals surface area (Å²) in [5.74, 6) is -0.757. The third-order valence-electron chi connectivity index (χ3n) is 4.40. The molecule has 0 spiro atoms. The van der Waals surface area contributed by atoms with Crippen molar-refractivity contribution < 1.29 is 19.4 Å². The molecule has 0 aromatic heterocycles. The number of carbonyl (C=O) groups is 2. The second kappa shape index (κ2) is 4.96. The van der Waals surface area contributed by atoms with Crippen LogP contribution in [0, 0.1) is 0 Å². The molecule has 3 unspecified atom stereocenters. The molecular weight excluding hydrogens is 246 g/mol. The molecule has 5 heteroatoms. The van der Waals surface area contributed by atoms with Crippen molar-refractivity contribution in [1.29, 1.82) is 0 Å². The Labute approximate surface area is 112 Å². The van der Waals surface area contributed by atoms with Crippen molar-refractivity contribution in [3.63, 3.8) is 0 Å². The number of carbonyl (C=O) groups excluding carboxylic acids is 1. The van der Waals surface area contributed by atoms with Crippen LogP contribution < -0.4 is 0 Å². The van der Waals surface area contributed by atoms with Crippen molar-refractivity contribution in [3.8, 4) is 0 Å². The molecular formula is C14H19NO4. The Bertz CT molecular complexity index is 409. The van der Waals surface area contributed by atoms with Crippen molar-refractivity contribution in [2.75, 3.05) is 6.61 Å². The summed E-state index contributed by atoms with van der Waals surface area (Å²) in [5.41, 5.74) is 0.969. The highest BCUT2D eigenvalue weighted by atomic mass is 16.5. The Morgan fingerprint density at radius 1 is 1.21 bits per heavy atom. The molecule has 0 saturated carbocycles. The summed E-state index contributed by atoms with van der Waals surface area (Å²) >= 11 is 0. The highest BCUT2D eigenvalue weighted by Crippen LogP contribution is 2.39. The standard InChI is InChI=1S/C14H19NO4/c16-13(17)8-9-6-10-3-4-11(7-9)15(10)14(18)12-2-1-5-19-12/h8,10-12H,1-7H2,(H,16,17). The molecule has 3 rings (SSSR count). The maximum atomic E-state index is 12.5. The van der Waals surface area contributed by atoms with Crippen LogP contribution in [0.3, 0.4) is 0 Å². The van der Waals surface area contributed by atoms with Crippen molar-refractivity contribution in [2.24, 2.45) is 0 Å². The van der Waals surface area contributed by atoms with Gasteiger partial charge in [0.1, 0.15) is 6.10 Å². The van der Waals surface area contributed by atoms with E-state index in [0.29, 0.717) is 19.4 Å². The molecule has 0 aliphatic carbocycles. The van der Waals surface area contributed by atoms with Gasteiger partial charge in [0.15, 0.2) is 0 Å². The van der Waals surface area contributed by atoms with E-state index in [-0.39, 0.29) is 24.1 Å². The number of hydrogen-bond acceptors (Lipinski definition) is 3. The fourth-order valence-electron chi connectivity index (χ4n) is 3.64. The summed E-state index contributed by atoms with van der Waals surface area (Å²) in [6.45, 7) is 0.684. The van der Waals surface area contributed by atoms with Gasteiger partial charge in [0.05, 0.1) is 0 Å². The van der Waals surface area contributed by atoms with Crippen LogP contribution in [0.5, 0.6) is 0 Å². The zero-order chi connectivity index (χ0) is 13.4. The number of ether oxygens (including phenoxy) is 1. The summed E-state index contributed by atoms with van der Waals surface area (Å²) in [7, 11) is 0. The lowest BCUT2D eigenvalue weighted by molar-refractivity contribution is -0.144. The number of rotatable bonds is 2. The second-order valence-corrected chi connectivity index (χ2v) is 5.68. The van der Waals surface area contributed by atoms with Crippen LogP contribution in [0.1, 0.15) is 38.5 Å². The Morgan fingerprint density at radius 3 is 2.42 bits per heavy atom. The fourth-order valence-corrected chi connectivity index (χ4v) is 3.64. The topological polar surface area (TPSA) is 66.8 Å². The van der Waals surface area contributed by atoms with Gasteiger partial charge in [0.2, 0.25) is 0 Å². The summed E-state index contributed by atoms with van der Waals surface area (Å²) in [6.07, 6.45) is 6.24. The van der Waals surface area contributed by atoms with Gasteiger partial charge in [-0.15, -0.1) is 0 Å². The van der Waals surface area contributed by atoms with Crippen LogP contribution in [0.2, 0.25) is 0 Å². The molecule has 3 aliphatic rings. The first-order valence-corrected chi connectivity index (χ1v) is 7.01. The Kier molecular flexibility index (Phi) is 3.31. The van der Waals surface area contributed by atoms with Crippen LogP contribution in [0.4, 0.5) is 0 Å². The van der Waals surface area contributed by atoms with Gasteiger partial charge in [-0.25, -0.2) is 4.79 Å². The predicted molar refractivity (Wildman–Crippen MR) is 67.6 cm³/mol. The first-order valence-electron chi connectivity index (χ1n) is 7.01.